The predicted molar refractivity (Wildman–Crippen MR) is 135 cm³/mol. The minimum atomic E-state index is -5.08. The van der Waals surface area contributed by atoms with Gasteiger partial charge in [0.1, 0.15) is 0 Å². The molecule has 3 N–H and O–H groups in total. The molecule has 1 aliphatic heterocycles. The van der Waals surface area contributed by atoms with Gasteiger partial charge in [-0.25, -0.2) is 4.79 Å². The van der Waals surface area contributed by atoms with Crippen LogP contribution in [0.4, 0.5) is 13.2 Å². The van der Waals surface area contributed by atoms with Crippen LogP contribution in [0.15, 0.2) is 79.0 Å². The number of H-pyrrole nitrogens is 1. The number of rotatable bonds is 4. The van der Waals surface area contributed by atoms with E-state index >= 15 is 0 Å². The molecule has 9 heteroatoms. The zero-order valence-corrected chi connectivity index (χ0v) is 19.4. The van der Waals surface area contributed by atoms with Crippen molar-refractivity contribution in [3.63, 3.8) is 0 Å². The van der Waals surface area contributed by atoms with Gasteiger partial charge in [-0.3, -0.25) is 9.78 Å². The van der Waals surface area contributed by atoms with Gasteiger partial charge in [0.05, 0.1) is 11.3 Å². The molecule has 0 radical (unpaired) electrons. The van der Waals surface area contributed by atoms with Gasteiger partial charge >= 0.3 is 12.1 Å². The number of benzene rings is 2. The summed E-state index contributed by atoms with van der Waals surface area (Å²) in [6.45, 7) is 0.678. The van der Waals surface area contributed by atoms with Gasteiger partial charge in [0.2, 0.25) is 0 Å². The van der Waals surface area contributed by atoms with Gasteiger partial charge < -0.3 is 15.4 Å². The Hall–Kier alpha value is -4.66. The van der Waals surface area contributed by atoms with Crippen molar-refractivity contribution in [2.45, 2.75) is 12.6 Å². The van der Waals surface area contributed by atoms with Gasteiger partial charge in [-0.2, -0.15) is 13.2 Å². The number of carboxylic acid groups (broad SMARTS) is 1. The molecule has 37 heavy (non-hydrogen) atoms. The Bertz CT molecular complexity index is 1440. The number of aromatic nitrogens is 2. The van der Waals surface area contributed by atoms with Crippen LogP contribution in [0.1, 0.15) is 27.3 Å². The maximum atomic E-state index is 12.1. The minimum absolute atomic E-state index is 0.00885. The lowest BCUT2D eigenvalue weighted by molar-refractivity contribution is -0.192. The Labute approximate surface area is 210 Å². The number of alkyl halides is 3. The third-order valence-electron chi connectivity index (χ3n) is 5.62. The number of carbonyl (C=O) groups excluding carboxylic acids is 1. The number of amides is 1. The van der Waals surface area contributed by atoms with Crippen LogP contribution in [0, 0.1) is 0 Å². The van der Waals surface area contributed by atoms with Crippen LogP contribution in [0.2, 0.25) is 0 Å². The fraction of sp³-hybridized carbons (Fsp3) is 0.107. The molecule has 0 unspecified atom stereocenters. The normalized spacial score (nSPS) is 12.9. The molecule has 0 aliphatic carbocycles. The fourth-order valence-electron chi connectivity index (χ4n) is 3.85. The van der Waals surface area contributed by atoms with Crippen molar-refractivity contribution in [1.82, 2.24) is 15.3 Å². The minimum Gasteiger partial charge on any atom is -0.475 e. The van der Waals surface area contributed by atoms with Crippen LogP contribution in [0.25, 0.3) is 34.5 Å². The van der Waals surface area contributed by atoms with Gasteiger partial charge in [0.25, 0.3) is 5.91 Å². The highest BCUT2D eigenvalue weighted by atomic mass is 19.4. The van der Waals surface area contributed by atoms with Gasteiger partial charge in [-0.05, 0) is 41.0 Å². The SMILES string of the molecule is O=C(O)C(F)(F)F.O=C1NCCc2[nH]c(-c3ccnc(C=Cc4ccccc4-c4ccccc4)c3)cc21. The van der Waals surface area contributed by atoms with E-state index in [2.05, 4.69) is 63.8 Å². The second kappa shape index (κ2) is 10.9. The molecule has 0 atom stereocenters. The number of fused-ring (bicyclic) bond motifs is 1. The molecule has 0 spiro atoms. The summed E-state index contributed by atoms with van der Waals surface area (Å²) < 4.78 is 31.7. The topological polar surface area (TPSA) is 95.1 Å². The highest BCUT2D eigenvalue weighted by Crippen LogP contribution is 2.27. The first-order valence-corrected chi connectivity index (χ1v) is 11.3. The number of halogens is 3. The van der Waals surface area contributed by atoms with E-state index in [0.717, 1.165) is 40.2 Å². The van der Waals surface area contributed by atoms with Crippen LogP contribution in [0.3, 0.4) is 0 Å². The monoisotopic (exact) mass is 505 g/mol. The molecule has 0 saturated carbocycles. The summed E-state index contributed by atoms with van der Waals surface area (Å²) in [6.07, 6.45) is 1.68. The molecular formula is C28H22F3N3O3. The highest BCUT2D eigenvalue weighted by molar-refractivity contribution is 5.97. The van der Waals surface area contributed by atoms with E-state index in [1.165, 1.54) is 11.1 Å². The van der Waals surface area contributed by atoms with E-state index in [1.807, 2.05) is 36.4 Å². The number of aliphatic carboxylic acids is 1. The van der Waals surface area contributed by atoms with Gasteiger partial charge in [-0.15, -0.1) is 0 Å². The number of carbonyl (C=O) groups is 2. The van der Waals surface area contributed by atoms with Crippen molar-refractivity contribution in [3.8, 4) is 22.4 Å². The number of hydrogen-bond donors (Lipinski definition) is 3. The largest absolute Gasteiger partial charge is 0.490 e. The second-order valence-corrected chi connectivity index (χ2v) is 8.14. The van der Waals surface area contributed by atoms with Crippen molar-refractivity contribution in [3.05, 3.63) is 102 Å². The lowest BCUT2D eigenvalue weighted by Gasteiger charge is -2.10. The standard InChI is InChI=1S/C26H21N3O.C2HF3O2/c30-26-23-17-25(29-24(23)13-15-28-26)20-12-14-27-21(16-20)11-10-19-8-4-5-9-22(19)18-6-2-1-3-7-18;3-2(4,5)1(6)7/h1-12,14,16-17,29H,13,15H2,(H,28,30);(H,6,7). The van der Waals surface area contributed by atoms with E-state index in [1.54, 1.807) is 6.20 Å². The Morgan fingerprint density at radius 2 is 1.62 bits per heavy atom. The van der Waals surface area contributed by atoms with Crippen molar-refractivity contribution in [1.29, 1.82) is 0 Å². The van der Waals surface area contributed by atoms with Crippen molar-refractivity contribution in [2.24, 2.45) is 0 Å². The number of aromatic amines is 1. The highest BCUT2D eigenvalue weighted by Gasteiger charge is 2.38. The molecule has 6 nitrogen and oxygen atoms in total. The summed E-state index contributed by atoms with van der Waals surface area (Å²) in [5, 5.41) is 10.0. The molecule has 4 aromatic rings. The van der Waals surface area contributed by atoms with Crippen molar-refractivity contribution < 1.29 is 27.9 Å². The molecule has 3 heterocycles. The van der Waals surface area contributed by atoms with Crippen LogP contribution in [-0.2, 0) is 11.2 Å². The average Bonchev–Trinajstić information content (AvgIpc) is 3.34. The van der Waals surface area contributed by atoms with E-state index in [9.17, 15) is 18.0 Å². The third-order valence-corrected chi connectivity index (χ3v) is 5.62. The Kier molecular flexibility index (Phi) is 7.52. The molecule has 2 aromatic heterocycles. The zero-order valence-electron chi connectivity index (χ0n) is 19.4. The Balaban J connectivity index is 0.000000405. The number of nitrogens with one attached hydrogen (secondary N) is 2. The molecule has 0 fully saturated rings. The smallest absolute Gasteiger partial charge is 0.475 e. The average molecular weight is 505 g/mol. The first-order chi connectivity index (χ1) is 17.7. The summed E-state index contributed by atoms with van der Waals surface area (Å²) in [5.41, 5.74) is 8.09. The van der Waals surface area contributed by atoms with E-state index in [-0.39, 0.29) is 5.91 Å². The van der Waals surface area contributed by atoms with Crippen molar-refractivity contribution >= 4 is 24.0 Å². The number of hydrogen-bond acceptors (Lipinski definition) is 3. The molecule has 188 valence electrons. The van der Waals surface area contributed by atoms with Gasteiger partial charge in [-0.1, -0.05) is 60.7 Å². The lowest BCUT2D eigenvalue weighted by Crippen LogP contribution is -2.31. The Morgan fingerprint density at radius 1 is 0.919 bits per heavy atom. The van der Waals surface area contributed by atoms with Crippen LogP contribution in [0.5, 0.6) is 0 Å². The fourth-order valence-corrected chi connectivity index (χ4v) is 3.85. The zero-order chi connectivity index (χ0) is 26.4. The van der Waals surface area contributed by atoms with Crippen LogP contribution >= 0.6 is 0 Å². The predicted octanol–water partition coefficient (Wildman–Crippen LogP) is 5.83. The molecule has 2 aromatic carbocycles. The molecule has 1 aliphatic rings. The molecule has 1 amide bonds. The second-order valence-electron chi connectivity index (χ2n) is 8.14. The molecule has 0 saturated heterocycles. The summed E-state index contributed by atoms with van der Waals surface area (Å²) in [6, 6.07) is 24.6. The van der Waals surface area contributed by atoms with Gasteiger partial charge in [0, 0.05) is 36.1 Å². The number of pyridine rings is 1. The van der Waals surface area contributed by atoms with Gasteiger partial charge in [0.15, 0.2) is 0 Å². The number of nitrogens with zero attached hydrogens (tertiary/aromatic N) is 1. The molecule has 0 bridgehead atoms. The van der Waals surface area contributed by atoms with Crippen LogP contribution in [-0.4, -0.2) is 39.7 Å². The summed E-state index contributed by atoms with van der Waals surface area (Å²) in [7, 11) is 0. The maximum absolute atomic E-state index is 12.1. The third kappa shape index (κ3) is 6.32. The first kappa shape index (κ1) is 25.4. The Morgan fingerprint density at radius 3 is 2.32 bits per heavy atom. The van der Waals surface area contributed by atoms with Crippen LogP contribution < -0.4 is 5.32 Å². The first-order valence-electron chi connectivity index (χ1n) is 11.3. The maximum Gasteiger partial charge on any atom is 0.490 e. The quantitative estimate of drug-likeness (QED) is 0.325. The molecule has 5 rings (SSSR count). The summed E-state index contributed by atoms with van der Waals surface area (Å²) >= 11 is 0. The molecular weight excluding hydrogens is 483 g/mol. The van der Waals surface area contributed by atoms with Crippen molar-refractivity contribution in [2.75, 3.05) is 6.54 Å². The summed E-state index contributed by atoms with van der Waals surface area (Å²) in [5.74, 6) is -2.77. The van der Waals surface area contributed by atoms with E-state index in [0.29, 0.717) is 6.54 Å². The summed E-state index contributed by atoms with van der Waals surface area (Å²) in [4.78, 5) is 28.8. The lowest BCUT2D eigenvalue weighted by atomic mass is 9.99. The number of carboxylic acids is 1. The van der Waals surface area contributed by atoms with E-state index < -0.39 is 12.1 Å². The van der Waals surface area contributed by atoms with E-state index in [4.69, 9.17) is 9.90 Å².